The molecule has 0 aliphatic carbocycles. The van der Waals surface area contributed by atoms with Crippen LogP contribution in [0.1, 0.15) is 15.2 Å². The summed E-state index contributed by atoms with van der Waals surface area (Å²) in [6.07, 6.45) is 0. The van der Waals surface area contributed by atoms with Crippen molar-refractivity contribution in [1.82, 2.24) is 0 Å². The van der Waals surface area contributed by atoms with Gasteiger partial charge in [0, 0.05) is 13.7 Å². The number of carbonyl (C=O) groups is 1. The molecule has 6 heteroatoms. The monoisotopic (exact) mass is 499 g/mol. The Kier molecular flexibility index (Phi) is 4.85. The van der Waals surface area contributed by atoms with Crippen molar-refractivity contribution in [2.75, 3.05) is 5.32 Å². The smallest absolute Gasteiger partial charge is 0.265 e. The number of hydrogen-bond donors (Lipinski definition) is 1. The van der Waals surface area contributed by atoms with Gasteiger partial charge in [0.25, 0.3) is 5.91 Å². The quantitative estimate of drug-likeness (QED) is 0.547. The van der Waals surface area contributed by atoms with Crippen molar-refractivity contribution in [2.45, 2.75) is 6.92 Å². The van der Waals surface area contributed by atoms with E-state index in [0.29, 0.717) is 4.88 Å². The molecular weight excluding hydrogens is 493 g/mol. The van der Waals surface area contributed by atoms with Crippen molar-refractivity contribution in [3.63, 3.8) is 0 Å². The lowest BCUT2D eigenvalue weighted by molar-refractivity contribution is 0.103. The summed E-state index contributed by atoms with van der Waals surface area (Å²) in [7, 11) is 0. The highest BCUT2D eigenvalue weighted by atomic mass is 127. The number of benzene rings is 1. The molecule has 1 aromatic carbocycles. The minimum Gasteiger partial charge on any atom is -0.321 e. The Morgan fingerprint density at radius 2 is 2.06 bits per heavy atom. The fraction of sp³-hybridized carbons (Fsp3) is 0.0833. The molecule has 1 aromatic heterocycles. The fourth-order valence-electron chi connectivity index (χ4n) is 1.32. The highest BCUT2D eigenvalue weighted by Gasteiger charge is 2.12. The van der Waals surface area contributed by atoms with Gasteiger partial charge in [-0.25, -0.2) is 0 Å². The maximum Gasteiger partial charge on any atom is 0.265 e. The van der Waals surface area contributed by atoms with Crippen molar-refractivity contribution in [1.29, 1.82) is 0 Å². The van der Waals surface area contributed by atoms with Gasteiger partial charge >= 0.3 is 0 Å². The van der Waals surface area contributed by atoms with Crippen LogP contribution < -0.4 is 5.32 Å². The third-order valence-electron chi connectivity index (χ3n) is 2.30. The number of halogens is 3. The van der Waals surface area contributed by atoms with Gasteiger partial charge in [-0.05, 0) is 85.1 Å². The van der Waals surface area contributed by atoms with Gasteiger partial charge in [-0.1, -0.05) is 6.07 Å². The largest absolute Gasteiger partial charge is 0.321 e. The average molecular weight is 501 g/mol. The Morgan fingerprint density at radius 3 is 2.61 bits per heavy atom. The summed E-state index contributed by atoms with van der Waals surface area (Å²) in [5.74, 6) is -0.0916. The molecule has 0 aliphatic heterocycles. The van der Waals surface area contributed by atoms with Gasteiger partial charge < -0.3 is 5.32 Å². The zero-order valence-electron chi connectivity index (χ0n) is 9.26. The first-order chi connectivity index (χ1) is 8.47. The van der Waals surface area contributed by atoms with Gasteiger partial charge in [-0.3, -0.25) is 4.79 Å². The molecule has 0 aliphatic rings. The van der Waals surface area contributed by atoms with Crippen LogP contribution in [-0.4, -0.2) is 5.91 Å². The summed E-state index contributed by atoms with van der Waals surface area (Å²) in [4.78, 5) is 12.7. The number of hydrogen-bond acceptors (Lipinski definition) is 2. The van der Waals surface area contributed by atoms with E-state index in [1.165, 1.54) is 16.9 Å². The zero-order valence-corrected chi connectivity index (χ0v) is 15.4. The maximum absolute atomic E-state index is 12.0. The van der Waals surface area contributed by atoms with E-state index in [-0.39, 0.29) is 5.91 Å². The second kappa shape index (κ2) is 6.02. The molecule has 2 aromatic rings. The van der Waals surface area contributed by atoms with Gasteiger partial charge in [0.15, 0.2) is 0 Å². The Morgan fingerprint density at radius 1 is 1.33 bits per heavy atom. The van der Waals surface area contributed by atoms with Gasteiger partial charge in [-0.15, -0.1) is 11.3 Å². The van der Waals surface area contributed by atoms with E-state index in [9.17, 15) is 4.79 Å². The van der Waals surface area contributed by atoms with E-state index in [0.717, 1.165) is 17.5 Å². The van der Waals surface area contributed by atoms with E-state index in [1.54, 1.807) is 0 Å². The van der Waals surface area contributed by atoms with Crippen LogP contribution >= 0.6 is 65.8 Å². The molecule has 0 bridgehead atoms. The molecule has 1 N–H and O–H groups in total. The Bertz CT molecular complexity index is 593. The van der Waals surface area contributed by atoms with Gasteiger partial charge in [0.1, 0.15) is 0 Å². The fourth-order valence-corrected chi connectivity index (χ4v) is 3.77. The van der Waals surface area contributed by atoms with Crippen LogP contribution in [0.2, 0.25) is 0 Å². The predicted octanol–water partition coefficient (Wildman–Crippen LogP) is 5.44. The van der Waals surface area contributed by atoms with Crippen LogP contribution in [0.25, 0.3) is 0 Å². The molecule has 94 valence electrons. The normalized spacial score (nSPS) is 10.4. The summed E-state index contributed by atoms with van der Waals surface area (Å²) in [6, 6.07) is 7.68. The summed E-state index contributed by atoms with van der Waals surface area (Å²) in [5.41, 5.74) is 2.02. The SMILES string of the molecule is Cc1ccc(NC(=O)c2cc(Br)c(Br)s2)cc1I. The number of aryl methyl sites for hydroxylation is 1. The molecule has 1 heterocycles. The first kappa shape index (κ1) is 14.5. The van der Waals surface area contributed by atoms with Crippen LogP contribution in [0.4, 0.5) is 5.69 Å². The molecule has 0 saturated heterocycles. The number of rotatable bonds is 2. The second-order valence-corrected chi connectivity index (χ2v) is 8.04. The zero-order chi connectivity index (χ0) is 13.3. The maximum atomic E-state index is 12.0. The van der Waals surface area contributed by atoms with Crippen molar-refractivity contribution >= 4 is 77.4 Å². The number of nitrogens with one attached hydrogen (secondary N) is 1. The van der Waals surface area contributed by atoms with Crippen molar-refractivity contribution < 1.29 is 4.79 Å². The van der Waals surface area contributed by atoms with Crippen LogP contribution in [0.15, 0.2) is 32.5 Å². The van der Waals surface area contributed by atoms with E-state index in [2.05, 4.69) is 59.8 Å². The summed E-state index contributed by atoms with van der Waals surface area (Å²) >= 11 is 10.4. The van der Waals surface area contributed by atoms with Crippen LogP contribution in [-0.2, 0) is 0 Å². The standard InChI is InChI=1S/C12H8Br2INOS/c1-6-2-3-7(4-9(6)15)16-12(17)10-5-8(13)11(14)18-10/h2-5H,1H3,(H,16,17). The lowest BCUT2D eigenvalue weighted by Crippen LogP contribution is -2.10. The Labute approximate surface area is 140 Å². The molecule has 18 heavy (non-hydrogen) atoms. The van der Waals surface area contributed by atoms with Crippen LogP contribution in [0.3, 0.4) is 0 Å². The molecule has 0 spiro atoms. The van der Waals surface area contributed by atoms with Crippen LogP contribution in [0.5, 0.6) is 0 Å². The van der Waals surface area contributed by atoms with Gasteiger partial charge in [0.2, 0.25) is 0 Å². The van der Waals surface area contributed by atoms with Crippen LogP contribution in [0, 0.1) is 10.5 Å². The van der Waals surface area contributed by atoms with E-state index in [1.807, 2.05) is 31.2 Å². The number of carbonyl (C=O) groups excluding carboxylic acids is 1. The van der Waals surface area contributed by atoms with Gasteiger partial charge in [0.05, 0.1) is 8.66 Å². The molecule has 0 radical (unpaired) electrons. The van der Waals surface area contributed by atoms with Crippen molar-refractivity contribution in [3.8, 4) is 0 Å². The summed E-state index contributed by atoms with van der Waals surface area (Å²) < 4.78 is 2.96. The van der Waals surface area contributed by atoms with Crippen molar-refractivity contribution in [3.05, 3.63) is 46.5 Å². The minimum atomic E-state index is -0.0916. The molecule has 2 rings (SSSR count). The number of amides is 1. The highest BCUT2D eigenvalue weighted by Crippen LogP contribution is 2.32. The Balaban J connectivity index is 2.18. The summed E-state index contributed by atoms with van der Waals surface area (Å²) in [6.45, 7) is 2.04. The van der Waals surface area contributed by atoms with E-state index in [4.69, 9.17) is 0 Å². The molecule has 1 amide bonds. The molecule has 0 saturated carbocycles. The number of anilines is 1. The average Bonchev–Trinajstić information content (AvgIpc) is 2.65. The highest BCUT2D eigenvalue weighted by molar-refractivity contribution is 14.1. The first-order valence-electron chi connectivity index (χ1n) is 4.99. The lowest BCUT2D eigenvalue weighted by atomic mass is 10.2. The topological polar surface area (TPSA) is 29.1 Å². The minimum absolute atomic E-state index is 0.0916. The summed E-state index contributed by atoms with van der Waals surface area (Å²) in [5, 5.41) is 2.89. The number of thiophene rings is 1. The van der Waals surface area contributed by atoms with Crippen molar-refractivity contribution in [2.24, 2.45) is 0 Å². The predicted molar refractivity (Wildman–Crippen MR) is 91.6 cm³/mol. The molecular formula is C12H8Br2INOS. The molecule has 0 atom stereocenters. The van der Waals surface area contributed by atoms with E-state index >= 15 is 0 Å². The van der Waals surface area contributed by atoms with Gasteiger partial charge in [-0.2, -0.15) is 0 Å². The first-order valence-corrected chi connectivity index (χ1v) is 8.48. The molecule has 2 nitrogen and oxygen atoms in total. The molecule has 0 unspecified atom stereocenters. The van der Waals surface area contributed by atoms with E-state index < -0.39 is 0 Å². The Hall–Kier alpha value is 0.0800. The third kappa shape index (κ3) is 3.34. The molecule has 0 fully saturated rings. The second-order valence-electron chi connectivity index (χ2n) is 3.65. The lowest BCUT2D eigenvalue weighted by Gasteiger charge is -2.05. The third-order valence-corrected chi connectivity index (χ3v) is 6.72.